The Morgan fingerprint density at radius 3 is 2.55 bits per heavy atom. The van der Waals surface area contributed by atoms with Crippen molar-refractivity contribution in [1.82, 2.24) is 0 Å². The van der Waals surface area contributed by atoms with Gasteiger partial charge in [-0.2, -0.15) is 0 Å². The lowest BCUT2D eigenvalue weighted by Crippen LogP contribution is -1.79. The van der Waals surface area contributed by atoms with E-state index in [0.29, 0.717) is 20.1 Å². The molecule has 0 saturated heterocycles. The van der Waals surface area contributed by atoms with E-state index in [1.165, 1.54) is 6.07 Å². The van der Waals surface area contributed by atoms with Crippen LogP contribution in [0.3, 0.4) is 0 Å². The summed E-state index contributed by atoms with van der Waals surface area (Å²) in [7, 11) is 0. The summed E-state index contributed by atoms with van der Waals surface area (Å²) in [5.41, 5.74) is 0.694. The van der Waals surface area contributed by atoms with E-state index in [9.17, 15) is 5.11 Å². The zero-order valence-electron chi connectivity index (χ0n) is 5.66. The van der Waals surface area contributed by atoms with Crippen molar-refractivity contribution in [2.24, 2.45) is 0 Å². The van der Waals surface area contributed by atoms with Crippen LogP contribution in [0.2, 0.25) is 10.0 Å². The van der Waals surface area contributed by atoms with Crippen LogP contribution >= 0.6 is 39.1 Å². The van der Waals surface area contributed by atoms with Crippen molar-refractivity contribution in [1.29, 1.82) is 0 Å². The van der Waals surface area contributed by atoms with Gasteiger partial charge in [0, 0.05) is 16.1 Å². The summed E-state index contributed by atoms with van der Waals surface area (Å²) < 4.78 is 0.643. The van der Waals surface area contributed by atoms with Gasteiger partial charge in [0.2, 0.25) is 0 Å². The molecule has 1 aromatic rings. The summed E-state index contributed by atoms with van der Waals surface area (Å²) in [5, 5.41) is 10.0. The Balaban J connectivity index is 3.46. The summed E-state index contributed by atoms with van der Waals surface area (Å²) in [6.07, 6.45) is 0. The van der Waals surface area contributed by atoms with Crippen LogP contribution in [-0.2, 0) is 0 Å². The number of hydrogen-bond donors (Lipinski definition) is 1. The SMILES string of the molecule is Cc1c(O)cc(Cl)c(Cl)c1Br. The lowest BCUT2D eigenvalue weighted by molar-refractivity contribution is 0.470. The Labute approximate surface area is 83.1 Å². The van der Waals surface area contributed by atoms with Crippen LogP contribution < -0.4 is 0 Å². The van der Waals surface area contributed by atoms with Gasteiger partial charge in [0.05, 0.1) is 10.0 Å². The van der Waals surface area contributed by atoms with E-state index in [0.717, 1.165) is 0 Å². The maximum atomic E-state index is 9.23. The van der Waals surface area contributed by atoms with Crippen LogP contribution in [0.15, 0.2) is 10.5 Å². The molecular weight excluding hydrogens is 251 g/mol. The van der Waals surface area contributed by atoms with Gasteiger partial charge in [0.25, 0.3) is 0 Å². The Morgan fingerprint density at radius 2 is 2.00 bits per heavy atom. The third-order valence-corrected chi connectivity index (χ3v) is 3.39. The highest BCUT2D eigenvalue weighted by Crippen LogP contribution is 2.37. The first-order valence-electron chi connectivity index (χ1n) is 2.87. The molecule has 0 atom stereocenters. The van der Waals surface area contributed by atoms with Crippen LogP contribution in [0.5, 0.6) is 5.75 Å². The highest BCUT2D eigenvalue weighted by atomic mass is 79.9. The first-order chi connectivity index (χ1) is 5.04. The summed E-state index contributed by atoms with van der Waals surface area (Å²) >= 11 is 14.6. The van der Waals surface area contributed by atoms with Gasteiger partial charge in [-0.25, -0.2) is 0 Å². The third kappa shape index (κ3) is 1.63. The van der Waals surface area contributed by atoms with Crippen LogP contribution in [0.25, 0.3) is 0 Å². The smallest absolute Gasteiger partial charge is 0.121 e. The molecule has 0 aliphatic heterocycles. The van der Waals surface area contributed by atoms with Gasteiger partial charge in [-0.1, -0.05) is 23.2 Å². The lowest BCUT2D eigenvalue weighted by Gasteiger charge is -2.04. The van der Waals surface area contributed by atoms with Gasteiger partial charge in [-0.15, -0.1) is 0 Å². The Bertz CT molecular complexity index is 273. The molecule has 0 unspecified atom stereocenters. The molecule has 0 aromatic heterocycles. The predicted molar refractivity (Wildman–Crippen MR) is 50.6 cm³/mol. The largest absolute Gasteiger partial charge is 0.508 e. The number of phenolic OH excluding ortho intramolecular Hbond substituents is 1. The second-order valence-corrected chi connectivity index (χ2v) is 3.71. The monoisotopic (exact) mass is 254 g/mol. The molecule has 0 fully saturated rings. The number of rotatable bonds is 0. The average molecular weight is 256 g/mol. The molecule has 60 valence electrons. The van der Waals surface area contributed by atoms with E-state index in [-0.39, 0.29) is 5.75 Å². The molecule has 0 saturated carbocycles. The number of hydrogen-bond acceptors (Lipinski definition) is 1. The molecule has 4 heteroatoms. The highest BCUT2D eigenvalue weighted by molar-refractivity contribution is 9.10. The maximum Gasteiger partial charge on any atom is 0.121 e. The standard InChI is InChI=1S/C7H5BrCl2O/c1-3-5(11)2-4(9)7(10)6(3)8/h2,11H,1H3. The van der Waals surface area contributed by atoms with Crippen molar-refractivity contribution in [2.75, 3.05) is 0 Å². The molecule has 0 spiro atoms. The van der Waals surface area contributed by atoms with Gasteiger partial charge < -0.3 is 5.11 Å². The maximum absolute atomic E-state index is 9.23. The molecule has 1 nitrogen and oxygen atoms in total. The first-order valence-corrected chi connectivity index (χ1v) is 4.42. The molecule has 0 bridgehead atoms. The van der Waals surface area contributed by atoms with Gasteiger partial charge in [0.1, 0.15) is 5.75 Å². The van der Waals surface area contributed by atoms with Crippen molar-refractivity contribution in [3.63, 3.8) is 0 Å². The van der Waals surface area contributed by atoms with E-state index < -0.39 is 0 Å². The first kappa shape index (κ1) is 9.17. The van der Waals surface area contributed by atoms with E-state index >= 15 is 0 Å². The average Bonchev–Trinajstić information content (AvgIpc) is 1.97. The molecule has 1 N–H and O–H groups in total. The summed E-state index contributed by atoms with van der Waals surface area (Å²) in [5.74, 6) is 0.145. The van der Waals surface area contributed by atoms with E-state index in [2.05, 4.69) is 15.9 Å². The van der Waals surface area contributed by atoms with Crippen LogP contribution in [-0.4, -0.2) is 5.11 Å². The summed E-state index contributed by atoms with van der Waals surface area (Å²) in [4.78, 5) is 0. The van der Waals surface area contributed by atoms with Crippen LogP contribution in [0.1, 0.15) is 5.56 Å². The fourth-order valence-electron chi connectivity index (χ4n) is 0.674. The Morgan fingerprint density at radius 1 is 1.45 bits per heavy atom. The Hall–Kier alpha value is 0.0800. The quantitative estimate of drug-likeness (QED) is 0.700. The zero-order valence-corrected chi connectivity index (χ0v) is 8.76. The highest BCUT2D eigenvalue weighted by Gasteiger charge is 2.09. The lowest BCUT2D eigenvalue weighted by atomic mass is 10.2. The van der Waals surface area contributed by atoms with Gasteiger partial charge in [0.15, 0.2) is 0 Å². The third-order valence-electron chi connectivity index (χ3n) is 1.38. The van der Waals surface area contributed by atoms with Gasteiger partial charge in [-0.3, -0.25) is 0 Å². The molecular formula is C7H5BrCl2O. The number of phenols is 1. The predicted octanol–water partition coefficient (Wildman–Crippen LogP) is 3.77. The number of halogens is 3. The zero-order chi connectivity index (χ0) is 8.59. The number of benzene rings is 1. The molecule has 1 aromatic carbocycles. The second kappa shape index (κ2) is 3.21. The van der Waals surface area contributed by atoms with E-state index in [1.54, 1.807) is 6.92 Å². The van der Waals surface area contributed by atoms with Gasteiger partial charge in [-0.05, 0) is 22.9 Å². The van der Waals surface area contributed by atoms with Crippen LogP contribution in [0.4, 0.5) is 0 Å². The fourth-order valence-corrected chi connectivity index (χ4v) is 1.60. The van der Waals surface area contributed by atoms with E-state index in [1.807, 2.05) is 0 Å². The summed E-state index contributed by atoms with van der Waals surface area (Å²) in [6, 6.07) is 1.42. The molecule has 0 aliphatic rings. The van der Waals surface area contributed by atoms with E-state index in [4.69, 9.17) is 23.2 Å². The van der Waals surface area contributed by atoms with Gasteiger partial charge >= 0.3 is 0 Å². The summed E-state index contributed by atoms with van der Waals surface area (Å²) in [6.45, 7) is 1.75. The van der Waals surface area contributed by atoms with Crippen molar-refractivity contribution in [3.8, 4) is 5.75 Å². The van der Waals surface area contributed by atoms with Crippen molar-refractivity contribution >= 4 is 39.1 Å². The molecule has 0 aliphatic carbocycles. The van der Waals surface area contributed by atoms with Crippen molar-refractivity contribution in [2.45, 2.75) is 6.92 Å². The fraction of sp³-hybridized carbons (Fsp3) is 0.143. The number of aromatic hydroxyl groups is 1. The molecule has 0 amide bonds. The normalized spacial score (nSPS) is 10.2. The van der Waals surface area contributed by atoms with Crippen molar-refractivity contribution in [3.05, 3.63) is 26.1 Å². The minimum absolute atomic E-state index is 0.145. The topological polar surface area (TPSA) is 20.2 Å². The Kier molecular flexibility index (Phi) is 2.68. The van der Waals surface area contributed by atoms with Crippen molar-refractivity contribution < 1.29 is 5.11 Å². The van der Waals surface area contributed by atoms with Crippen LogP contribution in [0, 0.1) is 6.92 Å². The molecule has 11 heavy (non-hydrogen) atoms. The second-order valence-electron chi connectivity index (χ2n) is 2.13. The molecule has 0 radical (unpaired) electrons. The minimum atomic E-state index is 0.145. The minimum Gasteiger partial charge on any atom is -0.508 e. The molecule has 1 rings (SSSR count). The molecule has 0 heterocycles.